The molecule has 138 valence electrons. The van der Waals surface area contributed by atoms with Gasteiger partial charge in [0.05, 0.1) is 6.04 Å². The molecule has 1 amide bonds. The highest BCUT2D eigenvalue weighted by molar-refractivity contribution is 7.92. The second-order valence-corrected chi connectivity index (χ2v) is 9.77. The second-order valence-electron chi connectivity index (χ2n) is 7.45. The van der Waals surface area contributed by atoms with Crippen molar-refractivity contribution in [1.29, 1.82) is 0 Å². The molecule has 1 aliphatic carbocycles. The van der Waals surface area contributed by atoms with Gasteiger partial charge in [0.1, 0.15) is 0 Å². The fraction of sp³-hybridized carbons (Fsp3) is 0.632. The van der Waals surface area contributed by atoms with Crippen LogP contribution in [0, 0.1) is 0 Å². The third-order valence-electron chi connectivity index (χ3n) is 5.75. The van der Waals surface area contributed by atoms with Crippen LogP contribution in [0.5, 0.6) is 0 Å². The van der Waals surface area contributed by atoms with Crippen molar-refractivity contribution >= 4 is 15.7 Å². The molecule has 2 aliphatic rings. The number of sulfone groups is 1. The van der Waals surface area contributed by atoms with Crippen molar-refractivity contribution in [1.82, 2.24) is 10.6 Å². The lowest BCUT2D eigenvalue weighted by Crippen LogP contribution is -2.57. The maximum Gasteiger partial charge on any atom is 0.242 e. The fourth-order valence-electron chi connectivity index (χ4n) is 4.03. The molecular weight excluding hydrogens is 336 g/mol. The van der Waals surface area contributed by atoms with Gasteiger partial charge in [-0.25, -0.2) is 8.42 Å². The maximum atomic E-state index is 12.9. The molecule has 1 saturated heterocycles. The minimum absolute atomic E-state index is 0.201. The highest BCUT2D eigenvalue weighted by atomic mass is 32.2. The summed E-state index contributed by atoms with van der Waals surface area (Å²) in [4.78, 5) is 12.9. The third kappa shape index (κ3) is 3.60. The molecule has 0 saturated carbocycles. The van der Waals surface area contributed by atoms with Gasteiger partial charge in [-0.2, -0.15) is 0 Å². The zero-order valence-corrected chi connectivity index (χ0v) is 15.9. The molecule has 1 aromatic carbocycles. The zero-order valence-electron chi connectivity index (χ0n) is 15.1. The minimum atomic E-state index is -3.48. The molecule has 1 unspecified atom stereocenters. The van der Waals surface area contributed by atoms with E-state index in [1.807, 2.05) is 6.92 Å². The monoisotopic (exact) mass is 364 g/mol. The maximum absolute atomic E-state index is 12.9. The highest BCUT2D eigenvalue weighted by Crippen LogP contribution is 2.30. The van der Waals surface area contributed by atoms with Crippen LogP contribution in [-0.2, 0) is 27.5 Å². The van der Waals surface area contributed by atoms with Gasteiger partial charge in [-0.15, -0.1) is 0 Å². The number of piperidine rings is 1. The summed E-state index contributed by atoms with van der Waals surface area (Å²) in [5.74, 6) is -0.360. The second kappa shape index (κ2) is 7.08. The number of amides is 1. The van der Waals surface area contributed by atoms with Crippen LogP contribution in [0.2, 0.25) is 0 Å². The summed E-state index contributed by atoms with van der Waals surface area (Å²) in [6.45, 7) is 3.03. The first kappa shape index (κ1) is 18.4. The van der Waals surface area contributed by atoms with Crippen LogP contribution in [-0.4, -0.2) is 38.4 Å². The van der Waals surface area contributed by atoms with Gasteiger partial charge in [-0.3, -0.25) is 4.79 Å². The summed E-state index contributed by atoms with van der Waals surface area (Å²) in [5.41, 5.74) is 3.82. The molecule has 25 heavy (non-hydrogen) atoms. The van der Waals surface area contributed by atoms with Crippen LogP contribution in [0.25, 0.3) is 0 Å². The van der Waals surface area contributed by atoms with Crippen LogP contribution in [0.3, 0.4) is 0 Å². The molecule has 2 N–H and O–H groups in total. The van der Waals surface area contributed by atoms with Gasteiger partial charge in [-0.1, -0.05) is 18.2 Å². The largest absolute Gasteiger partial charge is 0.348 e. The number of carbonyl (C=O) groups excluding carboxylic acids is 1. The van der Waals surface area contributed by atoms with Gasteiger partial charge >= 0.3 is 0 Å². The molecule has 3 rings (SSSR count). The van der Waals surface area contributed by atoms with Crippen molar-refractivity contribution < 1.29 is 13.2 Å². The first-order valence-corrected chi connectivity index (χ1v) is 11.1. The summed E-state index contributed by atoms with van der Waals surface area (Å²) in [6.07, 6.45) is 6.50. The van der Waals surface area contributed by atoms with Crippen molar-refractivity contribution in [2.75, 3.05) is 19.3 Å². The van der Waals surface area contributed by atoms with Gasteiger partial charge in [0.25, 0.3) is 0 Å². The molecule has 1 fully saturated rings. The fourth-order valence-corrected chi connectivity index (χ4v) is 5.37. The number of aryl methyl sites for hydroxylation is 2. The summed E-state index contributed by atoms with van der Waals surface area (Å²) >= 11 is 0. The topological polar surface area (TPSA) is 75.3 Å². The molecule has 1 heterocycles. The lowest BCUT2D eigenvalue weighted by molar-refractivity contribution is -0.125. The van der Waals surface area contributed by atoms with Crippen LogP contribution in [0.4, 0.5) is 0 Å². The van der Waals surface area contributed by atoms with Gasteiger partial charge in [-0.05, 0) is 75.2 Å². The SMILES string of the molecule is CC(NC(=O)C1(S(C)(=O)=O)CCNCC1)c1ccc2c(c1)CCCC2. The van der Waals surface area contributed by atoms with E-state index in [2.05, 4.69) is 28.8 Å². The van der Waals surface area contributed by atoms with E-state index in [1.54, 1.807) is 0 Å². The molecule has 1 aromatic rings. The average molecular weight is 365 g/mol. The zero-order chi connectivity index (χ0) is 18.1. The van der Waals surface area contributed by atoms with Gasteiger partial charge in [0.2, 0.25) is 5.91 Å². The molecule has 0 radical (unpaired) electrons. The Morgan fingerprint density at radius 2 is 1.80 bits per heavy atom. The van der Waals surface area contributed by atoms with E-state index in [9.17, 15) is 13.2 Å². The lowest BCUT2D eigenvalue weighted by atomic mass is 9.89. The van der Waals surface area contributed by atoms with E-state index in [0.29, 0.717) is 25.9 Å². The Morgan fingerprint density at radius 1 is 1.16 bits per heavy atom. The lowest BCUT2D eigenvalue weighted by Gasteiger charge is -2.35. The Hall–Kier alpha value is -1.40. The third-order valence-corrected chi connectivity index (χ3v) is 7.77. The molecule has 1 aliphatic heterocycles. The van der Waals surface area contributed by atoms with Crippen molar-refractivity contribution in [2.24, 2.45) is 0 Å². The van der Waals surface area contributed by atoms with Gasteiger partial charge in [0, 0.05) is 6.26 Å². The first-order valence-electron chi connectivity index (χ1n) is 9.16. The van der Waals surface area contributed by atoms with Crippen molar-refractivity contribution in [3.05, 3.63) is 34.9 Å². The van der Waals surface area contributed by atoms with Crippen molar-refractivity contribution in [2.45, 2.75) is 56.2 Å². The predicted octanol–water partition coefficient (Wildman–Crippen LogP) is 1.91. The molecule has 0 bridgehead atoms. The van der Waals surface area contributed by atoms with Crippen LogP contribution in [0.15, 0.2) is 18.2 Å². The number of rotatable bonds is 4. The van der Waals surface area contributed by atoms with Crippen LogP contribution in [0.1, 0.15) is 55.3 Å². The number of hydrogen-bond acceptors (Lipinski definition) is 4. The number of fused-ring (bicyclic) bond motifs is 1. The van der Waals surface area contributed by atoms with E-state index in [4.69, 9.17) is 0 Å². The quantitative estimate of drug-likeness (QED) is 0.856. The highest BCUT2D eigenvalue weighted by Gasteiger charge is 2.48. The Kier molecular flexibility index (Phi) is 5.21. The smallest absolute Gasteiger partial charge is 0.242 e. The number of hydrogen-bond donors (Lipinski definition) is 2. The van der Waals surface area contributed by atoms with E-state index in [1.165, 1.54) is 30.2 Å². The van der Waals surface area contributed by atoms with E-state index >= 15 is 0 Å². The summed E-state index contributed by atoms with van der Waals surface area (Å²) in [5, 5.41) is 6.12. The molecule has 1 atom stereocenters. The summed E-state index contributed by atoms with van der Waals surface area (Å²) in [6, 6.07) is 6.19. The van der Waals surface area contributed by atoms with Gasteiger partial charge < -0.3 is 10.6 Å². The van der Waals surface area contributed by atoms with E-state index in [-0.39, 0.29) is 11.9 Å². The Bertz CT molecular complexity index is 752. The van der Waals surface area contributed by atoms with E-state index in [0.717, 1.165) is 18.4 Å². The van der Waals surface area contributed by atoms with Crippen LogP contribution >= 0.6 is 0 Å². The summed E-state index contributed by atoms with van der Waals surface area (Å²) < 4.78 is 23.4. The molecular formula is C19H28N2O3S. The number of benzene rings is 1. The molecule has 6 heteroatoms. The predicted molar refractivity (Wildman–Crippen MR) is 99.3 cm³/mol. The Balaban J connectivity index is 1.79. The molecule has 0 spiro atoms. The number of nitrogens with one attached hydrogen (secondary N) is 2. The standard InChI is InChI=1S/C19H28N2O3S/c1-14(16-8-7-15-5-3-4-6-17(15)13-16)21-18(22)19(25(2,23)24)9-11-20-12-10-19/h7-8,13-14,20H,3-6,9-12H2,1-2H3,(H,21,22). The molecule has 5 nitrogen and oxygen atoms in total. The first-order chi connectivity index (χ1) is 11.8. The Morgan fingerprint density at radius 3 is 2.44 bits per heavy atom. The minimum Gasteiger partial charge on any atom is -0.348 e. The van der Waals surface area contributed by atoms with Crippen molar-refractivity contribution in [3.63, 3.8) is 0 Å². The number of carbonyl (C=O) groups is 1. The molecule has 0 aromatic heterocycles. The van der Waals surface area contributed by atoms with E-state index < -0.39 is 14.6 Å². The van der Waals surface area contributed by atoms with Crippen molar-refractivity contribution in [3.8, 4) is 0 Å². The average Bonchev–Trinajstić information content (AvgIpc) is 2.60. The Labute approximate surface area is 150 Å². The van der Waals surface area contributed by atoms with Crippen LogP contribution < -0.4 is 10.6 Å². The van der Waals surface area contributed by atoms with Gasteiger partial charge in [0.15, 0.2) is 14.6 Å². The summed E-state index contributed by atoms with van der Waals surface area (Å²) in [7, 11) is -3.48. The normalized spacial score (nSPS) is 21.2.